The molecule has 3 aromatic carbocycles. The van der Waals surface area contributed by atoms with Gasteiger partial charge < -0.3 is 29.6 Å². The number of aliphatic hydroxyl groups excluding tert-OH is 1. The van der Waals surface area contributed by atoms with Crippen LogP contribution in [0.5, 0.6) is 11.8 Å². The Balaban J connectivity index is 1.32. The third kappa shape index (κ3) is 4.92. The van der Waals surface area contributed by atoms with Crippen LogP contribution in [0.2, 0.25) is 0 Å². The maximum atomic E-state index is 16.6. The van der Waals surface area contributed by atoms with Gasteiger partial charge in [0.1, 0.15) is 29.8 Å². The number of phenols is 1. The number of nitrogens with zero attached hydrogens (tertiary/aromatic N) is 5. The van der Waals surface area contributed by atoms with Crippen LogP contribution in [0.25, 0.3) is 32.8 Å². The molecule has 0 aliphatic carbocycles. The fourth-order valence-corrected chi connectivity index (χ4v) is 7.17. The maximum absolute atomic E-state index is 16.6. The van der Waals surface area contributed by atoms with Crippen molar-refractivity contribution >= 4 is 33.4 Å². The van der Waals surface area contributed by atoms with Gasteiger partial charge in [-0.15, -0.1) is 0 Å². The molecular formula is C33H36FN5O4. The molecule has 10 heteroatoms. The Morgan fingerprint density at radius 1 is 1.05 bits per heavy atom. The van der Waals surface area contributed by atoms with Crippen molar-refractivity contribution in [2.45, 2.75) is 56.8 Å². The number of likely N-dealkylation sites (N-methyl/N-ethyl adjacent to an activating group) is 1. The number of aromatic hydroxyl groups is 1. The lowest BCUT2D eigenvalue weighted by Crippen LogP contribution is -2.58. The van der Waals surface area contributed by atoms with Gasteiger partial charge in [-0.05, 0) is 80.7 Å². The second-order valence-electron chi connectivity index (χ2n) is 12.2. The van der Waals surface area contributed by atoms with Gasteiger partial charge in [-0.3, -0.25) is 4.79 Å². The van der Waals surface area contributed by atoms with Crippen molar-refractivity contribution in [1.82, 2.24) is 19.8 Å². The van der Waals surface area contributed by atoms with Crippen molar-refractivity contribution in [1.29, 1.82) is 0 Å². The molecule has 0 radical (unpaired) electrons. The van der Waals surface area contributed by atoms with Crippen LogP contribution in [0.15, 0.2) is 48.5 Å². The number of piperazine rings is 1. The molecule has 9 nitrogen and oxygen atoms in total. The number of amides is 1. The number of benzene rings is 3. The van der Waals surface area contributed by atoms with Crippen LogP contribution in [-0.4, -0.2) is 93.4 Å². The Morgan fingerprint density at radius 3 is 2.53 bits per heavy atom. The number of likely N-dealkylation sites (tertiary alicyclic amines) is 1. The molecule has 4 aromatic rings. The summed E-state index contributed by atoms with van der Waals surface area (Å²) >= 11 is 0. The van der Waals surface area contributed by atoms with Crippen molar-refractivity contribution in [2.75, 3.05) is 38.2 Å². The average molecular weight is 586 g/mol. The van der Waals surface area contributed by atoms with Gasteiger partial charge in [0, 0.05) is 42.2 Å². The summed E-state index contributed by atoms with van der Waals surface area (Å²) in [6.45, 7) is 3.96. The van der Waals surface area contributed by atoms with Gasteiger partial charge >= 0.3 is 6.01 Å². The van der Waals surface area contributed by atoms with E-state index in [-0.39, 0.29) is 41.3 Å². The van der Waals surface area contributed by atoms with Crippen LogP contribution in [0, 0.1) is 5.82 Å². The van der Waals surface area contributed by atoms with E-state index in [1.54, 1.807) is 18.2 Å². The summed E-state index contributed by atoms with van der Waals surface area (Å²) < 4.78 is 22.8. The number of aliphatic hydroxyl groups is 1. The van der Waals surface area contributed by atoms with Gasteiger partial charge in [-0.2, -0.15) is 9.97 Å². The van der Waals surface area contributed by atoms with Crippen molar-refractivity contribution in [2.24, 2.45) is 0 Å². The minimum Gasteiger partial charge on any atom is -0.508 e. The van der Waals surface area contributed by atoms with Crippen molar-refractivity contribution in [3.63, 3.8) is 0 Å². The highest BCUT2D eigenvalue weighted by Crippen LogP contribution is 2.40. The number of carbonyl (C=O) groups is 1. The first-order valence-electron chi connectivity index (χ1n) is 15.1. The van der Waals surface area contributed by atoms with E-state index in [0.29, 0.717) is 42.0 Å². The summed E-state index contributed by atoms with van der Waals surface area (Å²) in [6, 6.07) is 14.6. The first kappa shape index (κ1) is 27.8. The van der Waals surface area contributed by atoms with E-state index >= 15 is 4.39 Å². The summed E-state index contributed by atoms with van der Waals surface area (Å²) in [5, 5.41) is 22.6. The molecule has 3 fully saturated rings. The number of fused-ring (bicyclic) bond motifs is 4. The molecule has 3 aliphatic heterocycles. The molecule has 3 saturated heterocycles. The number of carbonyl (C=O) groups excluding carboxylic acids is 1. The van der Waals surface area contributed by atoms with Gasteiger partial charge in [0.15, 0.2) is 5.82 Å². The van der Waals surface area contributed by atoms with E-state index < -0.39 is 11.9 Å². The lowest BCUT2D eigenvalue weighted by atomic mass is 9.96. The van der Waals surface area contributed by atoms with Crippen LogP contribution in [0.3, 0.4) is 0 Å². The molecule has 4 heterocycles. The lowest BCUT2D eigenvalue weighted by molar-refractivity contribution is -0.142. The Hall–Kier alpha value is -4.02. The molecule has 2 N–H and O–H groups in total. The van der Waals surface area contributed by atoms with Crippen LogP contribution in [-0.2, 0) is 4.79 Å². The molecule has 0 saturated carbocycles. The van der Waals surface area contributed by atoms with E-state index in [2.05, 4.69) is 21.8 Å². The van der Waals surface area contributed by atoms with Crippen LogP contribution in [0.4, 0.5) is 10.2 Å². The zero-order valence-corrected chi connectivity index (χ0v) is 24.4. The predicted octanol–water partition coefficient (Wildman–Crippen LogP) is 4.33. The number of phenolic OH excluding ortho intramolecular Hbond substituents is 1. The number of aromatic nitrogens is 2. The largest absolute Gasteiger partial charge is 0.508 e. The normalized spacial score (nSPS) is 22.9. The van der Waals surface area contributed by atoms with E-state index in [1.807, 2.05) is 35.2 Å². The molecule has 1 aromatic heterocycles. The monoisotopic (exact) mass is 585 g/mol. The van der Waals surface area contributed by atoms with Gasteiger partial charge in [0.25, 0.3) is 5.91 Å². The maximum Gasteiger partial charge on any atom is 0.319 e. The minimum absolute atomic E-state index is 0.0568. The Bertz CT molecular complexity index is 1700. The van der Waals surface area contributed by atoms with Crippen molar-refractivity contribution in [3.8, 4) is 22.9 Å². The number of rotatable bonds is 6. The van der Waals surface area contributed by atoms with Crippen molar-refractivity contribution in [3.05, 3.63) is 54.3 Å². The van der Waals surface area contributed by atoms with Crippen LogP contribution >= 0.6 is 0 Å². The average Bonchev–Trinajstić information content (AvgIpc) is 3.53. The van der Waals surface area contributed by atoms with Gasteiger partial charge in [-0.25, -0.2) is 4.39 Å². The highest BCUT2D eigenvalue weighted by Gasteiger charge is 2.44. The second-order valence-corrected chi connectivity index (χ2v) is 12.2. The summed E-state index contributed by atoms with van der Waals surface area (Å²) in [6.07, 6.45) is 2.74. The zero-order valence-electron chi connectivity index (χ0n) is 24.4. The predicted molar refractivity (Wildman–Crippen MR) is 163 cm³/mol. The Kier molecular flexibility index (Phi) is 7.05. The lowest BCUT2D eigenvalue weighted by Gasteiger charge is -2.42. The van der Waals surface area contributed by atoms with Gasteiger partial charge in [0.2, 0.25) is 0 Å². The highest BCUT2D eigenvalue weighted by molar-refractivity contribution is 6.01. The number of ether oxygens (including phenoxy) is 1. The van der Waals surface area contributed by atoms with Gasteiger partial charge in [-0.1, -0.05) is 30.3 Å². The fourth-order valence-electron chi connectivity index (χ4n) is 7.17. The fraction of sp³-hybridized carbons (Fsp3) is 0.424. The molecule has 224 valence electrons. The SMILES string of the molecule is C[C@@H](O)C(=O)N1C2CCC1CN(c1nc(OC[C@@H]3CCCN3C)nc3c(F)c(-c4cc(O)cc5ccccc45)ccc13)C2. The topological polar surface area (TPSA) is 102 Å². The Morgan fingerprint density at radius 2 is 1.81 bits per heavy atom. The molecular weight excluding hydrogens is 549 g/mol. The zero-order chi connectivity index (χ0) is 29.8. The summed E-state index contributed by atoms with van der Waals surface area (Å²) in [5.74, 6) is -0.127. The minimum atomic E-state index is -1.05. The molecule has 2 unspecified atom stereocenters. The first-order chi connectivity index (χ1) is 20.8. The highest BCUT2D eigenvalue weighted by atomic mass is 19.1. The standard InChI is InChI=1S/C33H36FN5O4/c1-19(40)32(42)39-21-9-10-22(39)17-38(16-21)31-27-12-11-26(28-15-24(41)14-20-6-3-4-8-25(20)28)29(34)30(27)35-33(36-31)43-18-23-7-5-13-37(23)2/h3-4,6,8,11-12,14-15,19,21-23,40-41H,5,7,9-10,13,16-18H2,1-2H3/t19-,21?,22?,23+/m1/s1. The third-order valence-electron chi connectivity index (χ3n) is 9.37. The van der Waals surface area contributed by atoms with E-state index in [1.165, 1.54) is 6.92 Å². The molecule has 43 heavy (non-hydrogen) atoms. The number of hydrogen-bond acceptors (Lipinski definition) is 8. The number of halogens is 1. The number of hydrogen-bond donors (Lipinski definition) is 2. The number of anilines is 1. The van der Waals surface area contributed by atoms with Crippen LogP contribution < -0.4 is 9.64 Å². The smallest absolute Gasteiger partial charge is 0.319 e. The molecule has 4 atom stereocenters. The molecule has 3 aliphatic rings. The van der Waals surface area contributed by atoms with Crippen molar-refractivity contribution < 1.29 is 24.1 Å². The first-order valence-corrected chi connectivity index (χ1v) is 15.1. The second kappa shape index (κ2) is 10.9. The van der Waals surface area contributed by atoms with Gasteiger partial charge in [0.05, 0.1) is 0 Å². The summed E-state index contributed by atoms with van der Waals surface area (Å²) in [5.41, 5.74) is 1.06. The van der Waals surface area contributed by atoms with E-state index in [0.717, 1.165) is 43.0 Å². The third-order valence-corrected chi connectivity index (χ3v) is 9.37. The summed E-state index contributed by atoms with van der Waals surface area (Å²) in [7, 11) is 2.07. The van der Waals surface area contributed by atoms with Crippen LogP contribution in [0.1, 0.15) is 32.6 Å². The molecule has 0 spiro atoms. The van der Waals surface area contributed by atoms with E-state index in [9.17, 15) is 15.0 Å². The van der Waals surface area contributed by atoms with E-state index in [4.69, 9.17) is 9.72 Å². The molecule has 1 amide bonds. The Labute approximate surface area is 249 Å². The molecule has 7 rings (SSSR count). The summed E-state index contributed by atoms with van der Waals surface area (Å²) in [4.78, 5) is 28.4. The quantitative estimate of drug-likeness (QED) is 0.345. The molecule has 2 bridgehead atoms.